The van der Waals surface area contributed by atoms with Gasteiger partial charge in [0.2, 0.25) is 0 Å². The summed E-state index contributed by atoms with van der Waals surface area (Å²) >= 11 is 0. The molecule has 0 aliphatic heterocycles. The van der Waals surface area contributed by atoms with E-state index in [0.717, 1.165) is 19.3 Å². The fourth-order valence-corrected chi connectivity index (χ4v) is 5.67. The van der Waals surface area contributed by atoms with Gasteiger partial charge in [0.15, 0.2) is 6.61 Å². The SMILES string of the molecule is COc1ccccc1NS(=O)(=O)c1ccc(C)c(C(=O)OCC(=O)OC2CC(C)CCC2C(C)C)c1. The molecule has 0 saturated heterocycles. The lowest BCUT2D eigenvalue weighted by Gasteiger charge is -2.36. The van der Waals surface area contributed by atoms with Crippen LogP contribution < -0.4 is 9.46 Å². The number of hydrogen-bond acceptors (Lipinski definition) is 7. The molecule has 3 rings (SSSR count). The summed E-state index contributed by atoms with van der Waals surface area (Å²) in [5, 5.41) is 0. The van der Waals surface area contributed by atoms with E-state index in [1.54, 1.807) is 31.2 Å². The minimum Gasteiger partial charge on any atom is -0.495 e. The van der Waals surface area contributed by atoms with Gasteiger partial charge in [0.05, 0.1) is 23.3 Å². The zero-order chi connectivity index (χ0) is 26.5. The van der Waals surface area contributed by atoms with Crippen molar-refractivity contribution in [2.75, 3.05) is 18.4 Å². The van der Waals surface area contributed by atoms with Crippen LogP contribution in [0.4, 0.5) is 5.69 Å². The quantitative estimate of drug-likeness (QED) is 0.468. The molecule has 1 fully saturated rings. The number of rotatable bonds is 9. The molecule has 0 bridgehead atoms. The van der Waals surface area contributed by atoms with Gasteiger partial charge in [-0.15, -0.1) is 0 Å². The van der Waals surface area contributed by atoms with Crippen LogP contribution in [0.1, 0.15) is 56.0 Å². The van der Waals surface area contributed by atoms with Crippen molar-refractivity contribution in [1.82, 2.24) is 0 Å². The van der Waals surface area contributed by atoms with Crippen LogP contribution >= 0.6 is 0 Å². The Bertz CT molecular complexity index is 1190. The summed E-state index contributed by atoms with van der Waals surface area (Å²) in [6, 6.07) is 10.7. The molecule has 0 radical (unpaired) electrons. The van der Waals surface area contributed by atoms with Gasteiger partial charge in [-0.3, -0.25) is 4.72 Å². The van der Waals surface area contributed by atoms with Gasteiger partial charge in [-0.05, 0) is 67.3 Å². The van der Waals surface area contributed by atoms with E-state index >= 15 is 0 Å². The summed E-state index contributed by atoms with van der Waals surface area (Å²) in [5.41, 5.74) is 0.840. The molecule has 9 heteroatoms. The van der Waals surface area contributed by atoms with Crippen molar-refractivity contribution in [3.8, 4) is 5.75 Å². The number of nitrogens with one attached hydrogen (secondary N) is 1. The van der Waals surface area contributed by atoms with E-state index in [1.807, 2.05) is 0 Å². The fourth-order valence-electron chi connectivity index (χ4n) is 4.58. The van der Waals surface area contributed by atoms with Gasteiger partial charge in [-0.2, -0.15) is 0 Å². The van der Waals surface area contributed by atoms with E-state index < -0.39 is 28.6 Å². The zero-order valence-electron chi connectivity index (χ0n) is 21.4. The number of methoxy groups -OCH3 is 1. The van der Waals surface area contributed by atoms with Crippen molar-refractivity contribution >= 4 is 27.6 Å². The van der Waals surface area contributed by atoms with Crippen LogP contribution in [0.2, 0.25) is 0 Å². The molecule has 1 aliphatic rings. The first-order chi connectivity index (χ1) is 17.0. The van der Waals surface area contributed by atoms with E-state index in [2.05, 4.69) is 25.5 Å². The van der Waals surface area contributed by atoms with Crippen LogP contribution in [-0.4, -0.2) is 40.2 Å². The highest BCUT2D eigenvalue weighted by Crippen LogP contribution is 2.35. The maximum Gasteiger partial charge on any atom is 0.344 e. The Kier molecular flexibility index (Phi) is 9.00. The lowest BCUT2D eigenvalue weighted by Crippen LogP contribution is -2.36. The Morgan fingerprint density at radius 3 is 2.53 bits per heavy atom. The summed E-state index contributed by atoms with van der Waals surface area (Å²) in [5.74, 6) is 0.0921. The number of carbonyl (C=O) groups is 2. The van der Waals surface area contributed by atoms with Crippen LogP contribution in [0.5, 0.6) is 5.75 Å². The predicted molar refractivity (Wildman–Crippen MR) is 136 cm³/mol. The average Bonchev–Trinajstić information content (AvgIpc) is 2.82. The maximum atomic E-state index is 13.0. The second-order valence-electron chi connectivity index (χ2n) is 9.71. The number of esters is 2. The summed E-state index contributed by atoms with van der Waals surface area (Å²) in [7, 11) is -2.58. The number of aryl methyl sites for hydroxylation is 1. The second kappa shape index (κ2) is 11.8. The molecule has 8 nitrogen and oxygen atoms in total. The molecule has 0 aromatic heterocycles. The van der Waals surface area contributed by atoms with Crippen LogP contribution in [0, 0.1) is 24.7 Å². The topological polar surface area (TPSA) is 108 Å². The molecular formula is C27H35NO7S. The van der Waals surface area contributed by atoms with Gasteiger partial charge in [0, 0.05) is 0 Å². The van der Waals surface area contributed by atoms with E-state index in [-0.39, 0.29) is 28.2 Å². The maximum absolute atomic E-state index is 13.0. The molecule has 1 aliphatic carbocycles. The summed E-state index contributed by atoms with van der Waals surface area (Å²) in [6.45, 7) is 7.51. The Morgan fingerprint density at radius 2 is 1.83 bits per heavy atom. The van der Waals surface area contributed by atoms with Crippen molar-refractivity contribution in [2.24, 2.45) is 17.8 Å². The molecule has 0 heterocycles. The number of hydrogen-bond donors (Lipinski definition) is 1. The number of sulfonamides is 1. The number of ether oxygens (including phenoxy) is 3. The lowest BCUT2D eigenvalue weighted by molar-refractivity contribution is -0.159. The smallest absolute Gasteiger partial charge is 0.344 e. The molecule has 1 saturated carbocycles. The van der Waals surface area contributed by atoms with E-state index in [4.69, 9.17) is 14.2 Å². The predicted octanol–water partition coefficient (Wildman–Crippen LogP) is 4.97. The zero-order valence-corrected chi connectivity index (χ0v) is 22.3. The highest BCUT2D eigenvalue weighted by Gasteiger charge is 2.33. The number of benzene rings is 2. The Balaban J connectivity index is 1.68. The minimum atomic E-state index is -4.02. The minimum absolute atomic E-state index is 0.0528. The Labute approximate surface area is 213 Å². The van der Waals surface area contributed by atoms with Crippen LogP contribution in [0.25, 0.3) is 0 Å². The van der Waals surface area contributed by atoms with E-state index in [0.29, 0.717) is 23.1 Å². The molecule has 2 aromatic rings. The molecule has 0 amide bonds. The molecule has 1 N–H and O–H groups in total. The third-order valence-corrected chi connectivity index (χ3v) is 8.02. The monoisotopic (exact) mass is 517 g/mol. The molecule has 3 unspecified atom stereocenters. The number of anilines is 1. The molecule has 0 spiro atoms. The highest BCUT2D eigenvalue weighted by atomic mass is 32.2. The summed E-state index contributed by atoms with van der Waals surface area (Å²) in [6.07, 6.45) is 2.70. The van der Waals surface area contributed by atoms with Gasteiger partial charge >= 0.3 is 11.9 Å². The van der Waals surface area contributed by atoms with Gasteiger partial charge in [-0.25, -0.2) is 18.0 Å². The normalized spacial score (nSPS) is 20.0. The van der Waals surface area contributed by atoms with Gasteiger partial charge in [-0.1, -0.05) is 45.4 Å². The average molecular weight is 518 g/mol. The number of carbonyl (C=O) groups excluding carboxylic acids is 2. The highest BCUT2D eigenvalue weighted by molar-refractivity contribution is 7.92. The van der Waals surface area contributed by atoms with Crippen molar-refractivity contribution in [3.05, 3.63) is 53.6 Å². The van der Waals surface area contributed by atoms with Gasteiger partial charge < -0.3 is 14.2 Å². The fraction of sp³-hybridized carbons (Fsp3) is 0.481. The Hall–Kier alpha value is -3.07. The third kappa shape index (κ3) is 6.78. The van der Waals surface area contributed by atoms with Crippen molar-refractivity contribution in [1.29, 1.82) is 0 Å². The second-order valence-corrected chi connectivity index (χ2v) is 11.4. The van der Waals surface area contributed by atoms with Crippen LogP contribution in [-0.2, 0) is 24.3 Å². The molecule has 3 atom stereocenters. The van der Waals surface area contributed by atoms with Crippen molar-refractivity contribution in [3.63, 3.8) is 0 Å². The van der Waals surface area contributed by atoms with E-state index in [9.17, 15) is 18.0 Å². The number of para-hydroxylation sites is 2. The van der Waals surface area contributed by atoms with Crippen LogP contribution in [0.3, 0.4) is 0 Å². The first-order valence-electron chi connectivity index (χ1n) is 12.1. The van der Waals surface area contributed by atoms with Gasteiger partial charge in [0.25, 0.3) is 10.0 Å². The molecule has 36 heavy (non-hydrogen) atoms. The van der Waals surface area contributed by atoms with Crippen LogP contribution in [0.15, 0.2) is 47.4 Å². The van der Waals surface area contributed by atoms with Crippen molar-refractivity contribution < 1.29 is 32.2 Å². The van der Waals surface area contributed by atoms with Crippen molar-refractivity contribution in [2.45, 2.75) is 58.0 Å². The molecule has 2 aromatic carbocycles. The molecular weight excluding hydrogens is 482 g/mol. The molecule has 196 valence electrons. The largest absolute Gasteiger partial charge is 0.495 e. The van der Waals surface area contributed by atoms with E-state index in [1.165, 1.54) is 25.3 Å². The van der Waals surface area contributed by atoms with Gasteiger partial charge in [0.1, 0.15) is 11.9 Å². The lowest BCUT2D eigenvalue weighted by atomic mass is 9.75. The third-order valence-electron chi connectivity index (χ3n) is 6.66. The first-order valence-corrected chi connectivity index (χ1v) is 13.6. The standard InChI is InChI=1S/C27H35NO7S/c1-17(2)21-13-10-18(3)14-25(21)35-26(29)16-34-27(30)22-15-20(12-11-19(22)4)36(31,32)28-23-8-6-7-9-24(23)33-5/h6-9,11-12,15,17-18,21,25,28H,10,13-14,16H2,1-5H3. The first kappa shape index (κ1) is 27.5. The summed E-state index contributed by atoms with van der Waals surface area (Å²) in [4.78, 5) is 25.1. The summed E-state index contributed by atoms with van der Waals surface area (Å²) < 4.78 is 44.5. The Morgan fingerprint density at radius 1 is 1.11 bits per heavy atom.